The van der Waals surface area contributed by atoms with Crippen molar-refractivity contribution in [3.05, 3.63) is 60.2 Å². The molecule has 0 aliphatic carbocycles. The first kappa shape index (κ1) is 20.5. The molecule has 2 amide bonds. The number of carbonyl (C=O) groups is 2. The molecule has 9 heteroatoms. The number of benzene rings is 2. The van der Waals surface area contributed by atoms with Crippen LogP contribution in [0.3, 0.4) is 0 Å². The van der Waals surface area contributed by atoms with Crippen LogP contribution >= 0.6 is 0 Å². The van der Waals surface area contributed by atoms with Gasteiger partial charge in [0.05, 0.1) is 24.2 Å². The number of para-hydroxylation sites is 1. The predicted octanol–water partition coefficient (Wildman–Crippen LogP) is 1.24. The molecule has 2 aliphatic heterocycles. The van der Waals surface area contributed by atoms with Gasteiger partial charge in [-0.2, -0.15) is 4.31 Å². The second kappa shape index (κ2) is 8.55. The molecule has 0 spiro atoms. The Morgan fingerprint density at radius 2 is 1.67 bits per heavy atom. The fourth-order valence-electron chi connectivity index (χ4n) is 3.64. The van der Waals surface area contributed by atoms with E-state index in [4.69, 9.17) is 4.74 Å². The lowest BCUT2D eigenvalue weighted by molar-refractivity contribution is -0.117. The van der Waals surface area contributed by atoms with E-state index in [1.165, 1.54) is 28.6 Å². The summed E-state index contributed by atoms with van der Waals surface area (Å²) in [5, 5.41) is 2.87. The molecular weight excluding hydrogens is 406 g/mol. The third kappa shape index (κ3) is 4.23. The summed E-state index contributed by atoms with van der Waals surface area (Å²) in [5.74, 6) is -0.378. The molecule has 158 valence electrons. The predicted molar refractivity (Wildman–Crippen MR) is 111 cm³/mol. The Balaban J connectivity index is 1.40. The van der Waals surface area contributed by atoms with Crippen molar-refractivity contribution in [3.8, 4) is 0 Å². The average molecular weight is 429 g/mol. The standard InChI is InChI=1S/C21H23N3O5S/c25-20-14-17(15-24(20)18-4-2-1-3-5-18)22-21(26)16-6-8-19(9-7-16)30(27,28)23-10-12-29-13-11-23/h1-9,17H,10-15H2,(H,22,26)/t17-/m0/s1. The van der Waals surface area contributed by atoms with E-state index in [-0.39, 0.29) is 29.2 Å². The summed E-state index contributed by atoms with van der Waals surface area (Å²) in [6, 6.07) is 14.9. The Morgan fingerprint density at radius 1 is 1.00 bits per heavy atom. The van der Waals surface area contributed by atoms with E-state index in [1.54, 1.807) is 4.90 Å². The fourth-order valence-corrected chi connectivity index (χ4v) is 5.05. The molecule has 0 radical (unpaired) electrons. The van der Waals surface area contributed by atoms with E-state index in [1.807, 2.05) is 30.3 Å². The van der Waals surface area contributed by atoms with Gasteiger partial charge >= 0.3 is 0 Å². The van der Waals surface area contributed by atoms with Crippen molar-refractivity contribution in [2.75, 3.05) is 37.7 Å². The van der Waals surface area contributed by atoms with E-state index in [0.29, 0.717) is 38.4 Å². The minimum Gasteiger partial charge on any atom is -0.379 e. The van der Waals surface area contributed by atoms with Gasteiger partial charge in [0.2, 0.25) is 15.9 Å². The fraction of sp³-hybridized carbons (Fsp3) is 0.333. The van der Waals surface area contributed by atoms with E-state index in [9.17, 15) is 18.0 Å². The molecule has 2 saturated heterocycles. The van der Waals surface area contributed by atoms with E-state index in [2.05, 4.69) is 5.32 Å². The molecule has 1 N–H and O–H groups in total. The molecular formula is C21H23N3O5S. The van der Waals surface area contributed by atoms with Crippen molar-refractivity contribution in [2.45, 2.75) is 17.4 Å². The number of nitrogens with one attached hydrogen (secondary N) is 1. The largest absolute Gasteiger partial charge is 0.379 e. The molecule has 0 saturated carbocycles. The van der Waals surface area contributed by atoms with Gasteiger partial charge in [-0.1, -0.05) is 18.2 Å². The molecule has 4 rings (SSSR count). The van der Waals surface area contributed by atoms with Crippen molar-refractivity contribution >= 4 is 27.5 Å². The number of hydrogen-bond acceptors (Lipinski definition) is 5. The number of anilines is 1. The topological polar surface area (TPSA) is 96.0 Å². The quantitative estimate of drug-likeness (QED) is 0.772. The molecule has 0 unspecified atom stereocenters. The first-order valence-electron chi connectivity index (χ1n) is 9.79. The van der Waals surface area contributed by atoms with Crippen LogP contribution in [0.5, 0.6) is 0 Å². The lowest BCUT2D eigenvalue weighted by Gasteiger charge is -2.26. The first-order chi connectivity index (χ1) is 14.4. The van der Waals surface area contributed by atoms with Crippen LogP contribution in [0.15, 0.2) is 59.5 Å². The van der Waals surface area contributed by atoms with Gasteiger partial charge in [-0.3, -0.25) is 9.59 Å². The van der Waals surface area contributed by atoms with Gasteiger partial charge in [-0.05, 0) is 36.4 Å². The maximum atomic E-state index is 12.7. The summed E-state index contributed by atoms with van der Waals surface area (Å²) < 4.78 is 31.9. The molecule has 2 aromatic rings. The van der Waals surface area contributed by atoms with Crippen LogP contribution in [-0.4, -0.2) is 63.4 Å². The molecule has 8 nitrogen and oxygen atoms in total. The van der Waals surface area contributed by atoms with Crippen molar-refractivity contribution in [1.82, 2.24) is 9.62 Å². The second-order valence-electron chi connectivity index (χ2n) is 7.26. The summed E-state index contributed by atoms with van der Waals surface area (Å²) in [5.41, 5.74) is 1.15. The number of sulfonamides is 1. The number of amides is 2. The van der Waals surface area contributed by atoms with E-state index < -0.39 is 10.0 Å². The lowest BCUT2D eigenvalue weighted by atomic mass is 10.2. The summed E-state index contributed by atoms with van der Waals surface area (Å²) in [6.45, 7) is 1.79. The van der Waals surface area contributed by atoms with Crippen LogP contribution in [0.4, 0.5) is 5.69 Å². The summed E-state index contributed by atoms with van der Waals surface area (Å²) in [6.07, 6.45) is 0.226. The molecule has 1 atom stereocenters. The number of nitrogens with zero attached hydrogens (tertiary/aromatic N) is 2. The monoisotopic (exact) mass is 429 g/mol. The van der Waals surface area contributed by atoms with Crippen molar-refractivity contribution in [2.24, 2.45) is 0 Å². The zero-order chi connectivity index (χ0) is 21.1. The third-order valence-corrected chi connectivity index (χ3v) is 7.17. The highest BCUT2D eigenvalue weighted by molar-refractivity contribution is 7.89. The summed E-state index contributed by atoms with van der Waals surface area (Å²) >= 11 is 0. The van der Waals surface area contributed by atoms with Crippen molar-refractivity contribution in [1.29, 1.82) is 0 Å². The average Bonchev–Trinajstić information content (AvgIpc) is 3.15. The maximum absolute atomic E-state index is 12.7. The zero-order valence-corrected chi connectivity index (χ0v) is 17.2. The minimum absolute atomic E-state index is 0.0431. The van der Waals surface area contributed by atoms with Gasteiger partial charge in [0.25, 0.3) is 5.91 Å². The Hall–Kier alpha value is -2.75. The Labute approximate surface area is 175 Å². The summed E-state index contributed by atoms with van der Waals surface area (Å²) in [4.78, 5) is 26.7. The maximum Gasteiger partial charge on any atom is 0.251 e. The highest BCUT2D eigenvalue weighted by Crippen LogP contribution is 2.22. The van der Waals surface area contributed by atoms with Crippen LogP contribution in [0.25, 0.3) is 0 Å². The van der Waals surface area contributed by atoms with Crippen LogP contribution in [0.2, 0.25) is 0 Å². The molecule has 2 aliphatic rings. The molecule has 0 bridgehead atoms. The van der Waals surface area contributed by atoms with Gasteiger partial charge in [0.1, 0.15) is 0 Å². The second-order valence-corrected chi connectivity index (χ2v) is 9.19. The SMILES string of the molecule is O=C(N[C@H]1CC(=O)N(c2ccccc2)C1)c1ccc(S(=O)(=O)N2CCOCC2)cc1. The Kier molecular flexibility index (Phi) is 5.85. The Morgan fingerprint density at radius 3 is 2.33 bits per heavy atom. The van der Waals surface area contributed by atoms with E-state index in [0.717, 1.165) is 5.69 Å². The molecule has 2 heterocycles. The van der Waals surface area contributed by atoms with Gasteiger partial charge in [0.15, 0.2) is 0 Å². The number of rotatable bonds is 5. The normalized spacial score (nSPS) is 20.3. The van der Waals surface area contributed by atoms with Gasteiger partial charge < -0.3 is 15.0 Å². The molecule has 2 fully saturated rings. The van der Waals surface area contributed by atoms with Crippen molar-refractivity contribution < 1.29 is 22.7 Å². The number of ether oxygens (including phenoxy) is 1. The number of morpholine rings is 1. The smallest absolute Gasteiger partial charge is 0.251 e. The highest BCUT2D eigenvalue weighted by atomic mass is 32.2. The Bertz CT molecular complexity index is 1020. The van der Waals surface area contributed by atoms with Crippen LogP contribution in [0, 0.1) is 0 Å². The molecule has 30 heavy (non-hydrogen) atoms. The lowest BCUT2D eigenvalue weighted by Crippen LogP contribution is -2.40. The minimum atomic E-state index is -3.60. The van der Waals surface area contributed by atoms with Gasteiger partial charge in [-0.25, -0.2) is 8.42 Å². The zero-order valence-electron chi connectivity index (χ0n) is 16.4. The number of carbonyl (C=O) groups excluding carboxylic acids is 2. The molecule has 0 aromatic heterocycles. The first-order valence-corrected chi connectivity index (χ1v) is 11.2. The highest BCUT2D eigenvalue weighted by Gasteiger charge is 2.32. The third-order valence-electron chi connectivity index (χ3n) is 5.25. The van der Waals surface area contributed by atoms with Crippen molar-refractivity contribution in [3.63, 3.8) is 0 Å². The molecule has 2 aromatic carbocycles. The van der Waals surface area contributed by atoms with Crippen LogP contribution in [0.1, 0.15) is 16.8 Å². The van der Waals surface area contributed by atoms with Gasteiger partial charge in [0, 0.05) is 37.3 Å². The summed E-state index contributed by atoms with van der Waals surface area (Å²) in [7, 11) is -3.60. The van der Waals surface area contributed by atoms with E-state index >= 15 is 0 Å². The van der Waals surface area contributed by atoms with Gasteiger partial charge in [-0.15, -0.1) is 0 Å². The van der Waals surface area contributed by atoms with Crippen LogP contribution < -0.4 is 10.2 Å². The van der Waals surface area contributed by atoms with Crippen LogP contribution in [-0.2, 0) is 19.6 Å². The number of hydrogen-bond donors (Lipinski definition) is 1.